The largest absolute Gasteiger partial charge is 0.423 e. The highest BCUT2D eigenvalue weighted by Crippen LogP contribution is 2.25. The van der Waals surface area contributed by atoms with Crippen LogP contribution >= 0.6 is 0 Å². The molecule has 0 amide bonds. The molecule has 2 unspecified atom stereocenters. The topological polar surface area (TPSA) is 43.4 Å². The van der Waals surface area contributed by atoms with Gasteiger partial charge < -0.3 is 28.6 Å². The van der Waals surface area contributed by atoms with E-state index in [1.165, 1.54) is 22.1 Å². The molecule has 0 fully saturated rings. The minimum Gasteiger partial charge on any atom is -0.423 e. The van der Waals surface area contributed by atoms with Crippen molar-refractivity contribution in [2.45, 2.75) is 25.9 Å². The van der Waals surface area contributed by atoms with Crippen molar-refractivity contribution >= 4 is 24.8 Å². The second kappa shape index (κ2) is 16.1. The zero-order chi connectivity index (χ0) is 25.7. The average molecular weight is 470 g/mol. The Kier molecular flexibility index (Phi) is 14.4. The summed E-state index contributed by atoms with van der Waals surface area (Å²) in [5.41, 5.74) is 5.40. The van der Waals surface area contributed by atoms with Crippen LogP contribution in [0.3, 0.4) is 0 Å². The molecule has 4 rings (SSSR count). The molecule has 2 aliphatic rings. The standard InChI is InChI=1S/2C11H16BNO.2C2H6O/c2*1-12-10-7-5-4-6-9(10)11(14-12)8-13(2)3;2*1-3-2/h2*4-7,11H,8H2,1-3H3;2*1-2H3. The second-order valence-electron chi connectivity index (χ2n) is 9.13. The molecule has 0 saturated heterocycles. The third-order valence-electron chi connectivity index (χ3n) is 5.36. The van der Waals surface area contributed by atoms with Crippen molar-refractivity contribution in [3.05, 3.63) is 59.7 Å². The van der Waals surface area contributed by atoms with Crippen LogP contribution in [0.5, 0.6) is 0 Å². The summed E-state index contributed by atoms with van der Waals surface area (Å²) >= 11 is 0. The lowest BCUT2D eigenvalue weighted by molar-refractivity contribution is 0.176. The average Bonchev–Trinajstić information content (AvgIpc) is 3.26. The molecule has 0 N–H and O–H groups in total. The number of methoxy groups -OCH3 is 2. The summed E-state index contributed by atoms with van der Waals surface area (Å²) in [4.78, 5) is 4.33. The second-order valence-corrected chi connectivity index (χ2v) is 9.13. The van der Waals surface area contributed by atoms with E-state index in [0.717, 1.165) is 13.1 Å². The maximum absolute atomic E-state index is 5.90. The highest BCUT2D eigenvalue weighted by molar-refractivity contribution is 6.68. The van der Waals surface area contributed by atoms with Crippen molar-refractivity contribution in [2.75, 3.05) is 69.7 Å². The molecule has 0 spiro atoms. The summed E-state index contributed by atoms with van der Waals surface area (Å²) in [6, 6.07) is 17.0. The number of likely N-dealkylation sites (N-methyl/N-ethyl adjacent to an activating group) is 2. The van der Waals surface area contributed by atoms with Crippen LogP contribution in [0.15, 0.2) is 48.5 Å². The number of hydrogen-bond donors (Lipinski definition) is 0. The highest BCUT2D eigenvalue weighted by atomic mass is 16.5. The van der Waals surface area contributed by atoms with Gasteiger partial charge in [-0.1, -0.05) is 62.2 Å². The summed E-state index contributed by atoms with van der Waals surface area (Å²) in [5, 5.41) is 0. The molecule has 0 aliphatic carbocycles. The maximum atomic E-state index is 5.90. The van der Waals surface area contributed by atoms with Gasteiger partial charge in [0.05, 0.1) is 12.2 Å². The van der Waals surface area contributed by atoms with Crippen LogP contribution in [0.25, 0.3) is 0 Å². The number of fused-ring (bicyclic) bond motifs is 2. The SMILES string of the molecule is CB1OC(CN(C)C)c2ccccc21.CB1OC(CN(C)C)c2ccccc21.COC.COC. The quantitative estimate of drug-likeness (QED) is 0.641. The lowest BCUT2D eigenvalue weighted by Gasteiger charge is -2.17. The molecule has 0 saturated carbocycles. The van der Waals surface area contributed by atoms with Crippen LogP contribution in [0.4, 0.5) is 0 Å². The molecule has 6 nitrogen and oxygen atoms in total. The summed E-state index contributed by atoms with van der Waals surface area (Å²) in [5.74, 6) is 0. The van der Waals surface area contributed by atoms with Gasteiger partial charge in [0.2, 0.25) is 0 Å². The van der Waals surface area contributed by atoms with E-state index in [-0.39, 0.29) is 26.0 Å². The van der Waals surface area contributed by atoms with E-state index in [1.807, 2.05) is 0 Å². The van der Waals surface area contributed by atoms with Crippen LogP contribution in [-0.4, -0.2) is 93.4 Å². The van der Waals surface area contributed by atoms with E-state index in [9.17, 15) is 0 Å². The monoisotopic (exact) mass is 470 g/mol. The van der Waals surface area contributed by atoms with Crippen LogP contribution in [0.2, 0.25) is 13.6 Å². The first-order valence-electron chi connectivity index (χ1n) is 11.8. The van der Waals surface area contributed by atoms with Crippen LogP contribution in [0.1, 0.15) is 23.3 Å². The predicted molar refractivity (Wildman–Crippen MR) is 146 cm³/mol. The lowest BCUT2D eigenvalue weighted by Crippen LogP contribution is -2.24. The molecule has 0 bridgehead atoms. The Morgan fingerprint density at radius 3 is 1.24 bits per heavy atom. The Balaban J connectivity index is 0.000000277. The Morgan fingerprint density at radius 2 is 0.941 bits per heavy atom. The lowest BCUT2D eigenvalue weighted by atomic mass is 9.64. The van der Waals surface area contributed by atoms with Crippen molar-refractivity contribution in [2.24, 2.45) is 0 Å². The molecule has 0 aromatic heterocycles. The molecule has 2 aromatic carbocycles. The number of ether oxygens (including phenoxy) is 2. The zero-order valence-electron chi connectivity index (χ0n) is 22.9. The summed E-state index contributed by atoms with van der Waals surface area (Å²) < 4.78 is 20.3. The van der Waals surface area contributed by atoms with Crippen molar-refractivity contribution in [3.63, 3.8) is 0 Å². The third kappa shape index (κ3) is 9.53. The molecule has 2 aromatic rings. The molecule has 2 aliphatic heterocycles. The van der Waals surface area contributed by atoms with Gasteiger partial charge in [0.1, 0.15) is 0 Å². The van der Waals surface area contributed by atoms with E-state index in [2.05, 4.69) is 110 Å². The highest BCUT2D eigenvalue weighted by Gasteiger charge is 2.32. The van der Waals surface area contributed by atoms with Crippen LogP contribution < -0.4 is 10.9 Å². The normalized spacial score (nSPS) is 17.8. The first-order chi connectivity index (χ1) is 16.2. The van der Waals surface area contributed by atoms with E-state index < -0.39 is 0 Å². The first-order valence-corrected chi connectivity index (χ1v) is 11.8. The molecular formula is C26H44B2N2O4. The van der Waals surface area contributed by atoms with Gasteiger partial charge in [0.15, 0.2) is 0 Å². The first kappa shape index (κ1) is 30.4. The molecule has 34 heavy (non-hydrogen) atoms. The van der Waals surface area contributed by atoms with Gasteiger partial charge in [-0.05, 0) is 50.2 Å². The molecular weight excluding hydrogens is 426 g/mol. The fourth-order valence-electron chi connectivity index (χ4n) is 4.08. The van der Waals surface area contributed by atoms with Crippen molar-refractivity contribution in [3.8, 4) is 0 Å². The number of benzene rings is 2. The van der Waals surface area contributed by atoms with Gasteiger partial charge in [-0.2, -0.15) is 0 Å². The van der Waals surface area contributed by atoms with Crippen LogP contribution in [0, 0.1) is 0 Å². The van der Waals surface area contributed by atoms with E-state index in [1.54, 1.807) is 28.4 Å². The zero-order valence-corrected chi connectivity index (χ0v) is 22.9. The maximum Gasteiger partial charge on any atom is 0.324 e. The minimum absolute atomic E-state index is 0.246. The minimum atomic E-state index is 0.246. The van der Waals surface area contributed by atoms with Gasteiger partial charge in [-0.3, -0.25) is 0 Å². The van der Waals surface area contributed by atoms with Crippen molar-refractivity contribution in [1.82, 2.24) is 9.80 Å². The van der Waals surface area contributed by atoms with Crippen LogP contribution in [-0.2, 0) is 18.8 Å². The van der Waals surface area contributed by atoms with Gasteiger partial charge >= 0.3 is 13.8 Å². The van der Waals surface area contributed by atoms with E-state index >= 15 is 0 Å². The van der Waals surface area contributed by atoms with Crippen molar-refractivity contribution in [1.29, 1.82) is 0 Å². The third-order valence-corrected chi connectivity index (χ3v) is 5.36. The van der Waals surface area contributed by atoms with Gasteiger partial charge in [0.25, 0.3) is 0 Å². The Bertz CT molecular complexity index is 751. The summed E-state index contributed by atoms with van der Waals surface area (Å²) in [6.07, 6.45) is 0.493. The molecule has 8 heteroatoms. The number of nitrogens with zero attached hydrogens (tertiary/aromatic N) is 2. The molecule has 188 valence electrons. The fourth-order valence-corrected chi connectivity index (χ4v) is 4.08. The predicted octanol–water partition coefficient (Wildman–Crippen LogP) is 2.82. The Hall–Kier alpha value is -1.67. The summed E-state index contributed by atoms with van der Waals surface area (Å²) in [7, 11) is 14.8. The number of rotatable bonds is 4. The Labute approximate surface area is 208 Å². The Morgan fingerprint density at radius 1 is 0.647 bits per heavy atom. The van der Waals surface area contributed by atoms with Crippen molar-refractivity contribution < 1.29 is 18.8 Å². The molecule has 2 atom stereocenters. The molecule has 2 heterocycles. The molecule has 0 radical (unpaired) electrons. The van der Waals surface area contributed by atoms with Gasteiger partial charge in [-0.15, -0.1) is 0 Å². The van der Waals surface area contributed by atoms with Gasteiger partial charge in [0, 0.05) is 41.5 Å². The number of hydrogen-bond acceptors (Lipinski definition) is 6. The smallest absolute Gasteiger partial charge is 0.324 e. The summed E-state index contributed by atoms with van der Waals surface area (Å²) in [6.45, 7) is 6.65. The van der Waals surface area contributed by atoms with E-state index in [0.29, 0.717) is 0 Å². The van der Waals surface area contributed by atoms with Gasteiger partial charge in [-0.25, -0.2) is 0 Å². The fraction of sp³-hybridized carbons (Fsp3) is 0.538. The van der Waals surface area contributed by atoms with E-state index in [4.69, 9.17) is 9.31 Å².